The SMILES string of the molecule is Cc1cc(F)ccc1CN1CCc2nc(C3CCCCC3)[nH]c(=O)c2C1. The lowest BCUT2D eigenvalue weighted by molar-refractivity contribution is 0.240. The van der Waals surface area contributed by atoms with Crippen LogP contribution in [0.25, 0.3) is 0 Å². The first-order valence-electron chi connectivity index (χ1n) is 9.69. The molecule has 1 N–H and O–H groups in total. The van der Waals surface area contributed by atoms with Crippen molar-refractivity contribution in [1.82, 2.24) is 14.9 Å². The van der Waals surface area contributed by atoms with Crippen molar-refractivity contribution in [2.75, 3.05) is 6.54 Å². The molecule has 0 spiro atoms. The quantitative estimate of drug-likeness (QED) is 0.910. The van der Waals surface area contributed by atoms with Gasteiger partial charge in [0.2, 0.25) is 0 Å². The average Bonchev–Trinajstić information content (AvgIpc) is 2.65. The number of benzene rings is 1. The van der Waals surface area contributed by atoms with Crippen LogP contribution in [-0.2, 0) is 19.5 Å². The summed E-state index contributed by atoms with van der Waals surface area (Å²) in [6.45, 7) is 4.15. The highest BCUT2D eigenvalue weighted by Gasteiger charge is 2.24. The van der Waals surface area contributed by atoms with Crippen molar-refractivity contribution in [2.24, 2.45) is 0 Å². The molecule has 1 aromatic carbocycles. The molecule has 0 unspecified atom stereocenters. The van der Waals surface area contributed by atoms with Gasteiger partial charge in [-0.3, -0.25) is 9.69 Å². The van der Waals surface area contributed by atoms with Gasteiger partial charge in [-0.2, -0.15) is 0 Å². The van der Waals surface area contributed by atoms with Crippen LogP contribution in [-0.4, -0.2) is 21.4 Å². The molecule has 1 fully saturated rings. The zero-order valence-corrected chi connectivity index (χ0v) is 15.4. The number of aromatic amines is 1. The molecule has 1 aliphatic carbocycles. The van der Waals surface area contributed by atoms with Gasteiger partial charge in [0.25, 0.3) is 5.56 Å². The van der Waals surface area contributed by atoms with E-state index in [4.69, 9.17) is 4.98 Å². The summed E-state index contributed by atoms with van der Waals surface area (Å²) in [6.07, 6.45) is 6.84. The van der Waals surface area contributed by atoms with E-state index < -0.39 is 0 Å². The smallest absolute Gasteiger partial charge is 0.255 e. The molecule has 1 aromatic heterocycles. The maximum absolute atomic E-state index is 13.3. The summed E-state index contributed by atoms with van der Waals surface area (Å²) in [5.41, 5.74) is 3.86. The van der Waals surface area contributed by atoms with Crippen LogP contribution in [0.1, 0.15) is 66.2 Å². The summed E-state index contributed by atoms with van der Waals surface area (Å²) < 4.78 is 13.3. The van der Waals surface area contributed by atoms with Crippen molar-refractivity contribution in [3.63, 3.8) is 0 Å². The fourth-order valence-corrected chi connectivity index (χ4v) is 4.28. The van der Waals surface area contributed by atoms with E-state index in [0.717, 1.165) is 60.6 Å². The minimum absolute atomic E-state index is 0.0242. The highest BCUT2D eigenvalue weighted by atomic mass is 19.1. The lowest BCUT2D eigenvalue weighted by Gasteiger charge is -2.29. The first kappa shape index (κ1) is 17.4. The topological polar surface area (TPSA) is 49.0 Å². The lowest BCUT2D eigenvalue weighted by atomic mass is 9.88. The molecule has 138 valence electrons. The standard InChI is InChI=1S/C21H26FN3O/c1-14-11-17(22)8-7-16(14)12-25-10-9-19-18(13-25)21(26)24-20(23-19)15-5-3-2-4-6-15/h7-8,11,15H,2-6,9-10,12-13H2,1H3,(H,23,24,26). The molecule has 2 aliphatic rings. The Morgan fingerprint density at radius 3 is 2.85 bits per heavy atom. The highest BCUT2D eigenvalue weighted by molar-refractivity contribution is 5.27. The molecule has 4 rings (SSSR count). The summed E-state index contributed by atoms with van der Waals surface area (Å²) in [5.74, 6) is 1.11. The van der Waals surface area contributed by atoms with E-state index in [1.54, 1.807) is 6.07 Å². The van der Waals surface area contributed by atoms with Crippen LogP contribution < -0.4 is 5.56 Å². The molecule has 0 bridgehead atoms. The summed E-state index contributed by atoms with van der Waals surface area (Å²) in [4.78, 5) is 22.8. The van der Waals surface area contributed by atoms with Gasteiger partial charge in [0, 0.05) is 32.0 Å². The van der Waals surface area contributed by atoms with Gasteiger partial charge in [-0.15, -0.1) is 0 Å². The van der Waals surface area contributed by atoms with Crippen LogP contribution in [0.5, 0.6) is 0 Å². The van der Waals surface area contributed by atoms with Gasteiger partial charge in [-0.25, -0.2) is 9.37 Å². The van der Waals surface area contributed by atoms with Crippen LogP contribution in [0.15, 0.2) is 23.0 Å². The van der Waals surface area contributed by atoms with Crippen molar-refractivity contribution < 1.29 is 4.39 Å². The highest BCUT2D eigenvalue weighted by Crippen LogP contribution is 2.30. The average molecular weight is 355 g/mol. The molecule has 0 saturated heterocycles. The normalized spacial score (nSPS) is 18.7. The monoisotopic (exact) mass is 355 g/mol. The van der Waals surface area contributed by atoms with E-state index in [1.807, 2.05) is 13.0 Å². The molecule has 1 aliphatic heterocycles. The van der Waals surface area contributed by atoms with E-state index >= 15 is 0 Å². The second kappa shape index (κ2) is 7.31. The number of aryl methyl sites for hydroxylation is 1. The number of hydrogen-bond acceptors (Lipinski definition) is 3. The number of nitrogens with zero attached hydrogens (tertiary/aromatic N) is 2. The Kier molecular flexibility index (Phi) is 4.90. The van der Waals surface area contributed by atoms with Crippen LogP contribution in [0.3, 0.4) is 0 Å². The maximum Gasteiger partial charge on any atom is 0.255 e. The van der Waals surface area contributed by atoms with Gasteiger partial charge in [-0.1, -0.05) is 25.3 Å². The molecular formula is C21H26FN3O. The zero-order valence-electron chi connectivity index (χ0n) is 15.4. The number of fused-ring (bicyclic) bond motifs is 1. The second-order valence-electron chi connectivity index (χ2n) is 7.74. The molecule has 5 heteroatoms. The van der Waals surface area contributed by atoms with Gasteiger partial charge in [0.05, 0.1) is 11.3 Å². The van der Waals surface area contributed by atoms with Gasteiger partial charge < -0.3 is 4.98 Å². The third-order valence-corrected chi connectivity index (χ3v) is 5.86. The molecule has 4 nitrogen and oxygen atoms in total. The van der Waals surface area contributed by atoms with Crippen LogP contribution in [0, 0.1) is 12.7 Å². The van der Waals surface area contributed by atoms with E-state index in [0.29, 0.717) is 12.5 Å². The number of rotatable bonds is 3. The van der Waals surface area contributed by atoms with Crippen molar-refractivity contribution in [2.45, 2.75) is 64.5 Å². The van der Waals surface area contributed by atoms with Crippen LogP contribution in [0.2, 0.25) is 0 Å². The number of hydrogen-bond donors (Lipinski definition) is 1. The number of nitrogens with one attached hydrogen (secondary N) is 1. The van der Waals surface area contributed by atoms with Crippen molar-refractivity contribution in [3.8, 4) is 0 Å². The van der Waals surface area contributed by atoms with Crippen molar-refractivity contribution in [1.29, 1.82) is 0 Å². The van der Waals surface area contributed by atoms with E-state index in [2.05, 4.69) is 9.88 Å². The molecule has 2 heterocycles. The first-order chi connectivity index (χ1) is 12.6. The Bertz CT molecular complexity index is 855. The van der Waals surface area contributed by atoms with Crippen LogP contribution >= 0.6 is 0 Å². The molecule has 0 amide bonds. The second-order valence-corrected chi connectivity index (χ2v) is 7.74. The third kappa shape index (κ3) is 3.58. The predicted octanol–water partition coefficient (Wildman–Crippen LogP) is 3.82. The molecule has 0 radical (unpaired) electrons. The van der Waals surface area contributed by atoms with Gasteiger partial charge >= 0.3 is 0 Å². The van der Waals surface area contributed by atoms with Crippen LogP contribution in [0.4, 0.5) is 4.39 Å². The number of H-pyrrole nitrogens is 1. The van der Waals surface area contributed by atoms with E-state index in [-0.39, 0.29) is 11.4 Å². The van der Waals surface area contributed by atoms with Crippen molar-refractivity contribution >= 4 is 0 Å². The summed E-state index contributed by atoms with van der Waals surface area (Å²) >= 11 is 0. The minimum atomic E-state index is -0.203. The lowest BCUT2D eigenvalue weighted by Crippen LogP contribution is -2.36. The predicted molar refractivity (Wildman–Crippen MR) is 99.6 cm³/mol. The minimum Gasteiger partial charge on any atom is -0.310 e. The third-order valence-electron chi connectivity index (χ3n) is 5.86. The Hall–Kier alpha value is -2.01. The molecule has 2 aromatic rings. The molecular weight excluding hydrogens is 329 g/mol. The maximum atomic E-state index is 13.3. The summed E-state index contributed by atoms with van der Waals surface area (Å²) in [6, 6.07) is 4.91. The van der Waals surface area contributed by atoms with E-state index in [1.165, 1.54) is 25.3 Å². The Morgan fingerprint density at radius 1 is 1.27 bits per heavy atom. The molecule has 26 heavy (non-hydrogen) atoms. The summed E-state index contributed by atoms with van der Waals surface area (Å²) in [5, 5.41) is 0. The molecule has 0 atom stereocenters. The largest absolute Gasteiger partial charge is 0.310 e. The van der Waals surface area contributed by atoms with Gasteiger partial charge in [0.1, 0.15) is 11.6 Å². The Labute approximate surface area is 153 Å². The molecule has 1 saturated carbocycles. The Morgan fingerprint density at radius 2 is 2.08 bits per heavy atom. The first-order valence-corrected chi connectivity index (χ1v) is 9.69. The zero-order chi connectivity index (χ0) is 18.1. The van der Waals surface area contributed by atoms with Gasteiger partial charge in [0.15, 0.2) is 0 Å². The van der Waals surface area contributed by atoms with Gasteiger partial charge in [-0.05, 0) is 43.0 Å². The van der Waals surface area contributed by atoms with E-state index in [9.17, 15) is 9.18 Å². The Balaban J connectivity index is 1.52. The number of aromatic nitrogens is 2. The summed E-state index contributed by atoms with van der Waals surface area (Å²) in [7, 11) is 0. The fourth-order valence-electron chi connectivity index (χ4n) is 4.28. The number of halogens is 1. The van der Waals surface area contributed by atoms with Crippen molar-refractivity contribution in [3.05, 3.63) is 62.6 Å². The fraction of sp³-hybridized carbons (Fsp3) is 0.524.